The van der Waals surface area contributed by atoms with Crippen molar-refractivity contribution < 1.29 is 71.1 Å². The van der Waals surface area contributed by atoms with Crippen LogP contribution in [-0.2, 0) is 65.9 Å². The molecule has 1 aliphatic carbocycles. The Labute approximate surface area is 507 Å². The average molecular weight is 1220 g/mol. The smallest absolute Gasteiger partial charge is 0.407 e. The SMILES string of the molecule is CC(C)CN(C[C@@H](O)[C@H](Cc1ccccc1)NC(=O)OC1CO[C@H]2OCC[C@@H]12)S(=O)(=O)c1ccc(CNC(=O)[C@@H]2CCCN2C(=O)[C@H](CCCCNC(=O)OCC2c3ccccc3-c3ccccc32)NC(=O)[C@@H]2CCCN2C(=O)[C@@H](N)CC(=O)O)cc1. The number of rotatable bonds is 27. The number of nitrogens with one attached hydrogen (secondary N) is 4. The molecule has 9 atom stereocenters. The number of benzene rings is 4. The van der Waals surface area contributed by atoms with Gasteiger partial charge in [0.1, 0.15) is 30.8 Å². The number of fused-ring (bicyclic) bond motifs is 4. The van der Waals surface area contributed by atoms with Crippen LogP contribution in [0.3, 0.4) is 0 Å². The van der Waals surface area contributed by atoms with Gasteiger partial charge in [0.05, 0.1) is 48.6 Å². The van der Waals surface area contributed by atoms with Crippen LogP contribution in [-0.4, -0.2) is 176 Å². The van der Waals surface area contributed by atoms with Gasteiger partial charge in [0.2, 0.25) is 33.7 Å². The zero-order valence-electron chi connectivity index (χ0n) is 49.1. The van der Waals surface area contributed by atoms with Crippen molar-refractivity contribution in [2.75, 3.05) is 52.5 Å². The number of carbonyl (C=O) groups excluding carboxylic acids is 6. The Balaban J connectivity index is 0.811. The molecule has 4 saturated heterocycles. The van der Waals surface area contributed by atoms with Gasteiger partial charge >= 0.3 is 18.2 Å². The Morgan fingerprint density at radius 2 is 1.38 bits per heavy atom. The molecule has 4 fully saturated rings. The number of nitrogens with zero attached hydrogens (tertiary/aromatic N) is 3. The minimum atomic E-state index is -4.24. The fourth-order valence-electron chi connectivity index (χ4n) is 12.4. The van der Waals surface area contributed by atoms with Gasteiger partial charge in [-0.25, -0.2) is 18.0 Å². The molecule has 5 aliphatic rings. The predicted molar refractivity (Wildman–Crippen MR) is 318 cm³/mol. The van der Waals surface area contributed by atoms with Crippen molar-refractivity contribution in [3.8, 4) is 11.1 Å². The summed E-state index contributed by atoms with van der Waals surface area (Å²) in [4.78, 5) is 96.4. The highest BCUT2D eigenvalue weighted by Gasteiger charge is 2.45. The Kier molecular flexibility index (Phi) is 21.7. The topological polar surface area (TPSA) is 315 Å². The first-order chi connectivity index (χ1) is 41.9. The second kappa shape index (κ2) is 29.5. The minimum absolute atomic E-state index is 0.0249. The first-order valence-corrected chi connectivity index (χ1v) is 31.6. The summed E-state index contributed by atoms with van der Waals surface area (Å²) >= 11 is 0. The van der Waals surface area contributed by atoms with Gasteiger partial charge in [-0.05, 0) is 109 Å². The molecule has 24 heteroatoms. The highest BCUT2D eigenvalue weighted by molar-refractivity contribution is 7.89. The second-order valence-corrected chi connectivity index (χ2v) is 25.4. The van der Waals surface area contributed by atoms with E-state index in [0.29, 0.717) is 50.7 Å². The Hall–Kier alpha value is -7.48. The van der Waals surface area contributed by atoms with E-state index in [9.17, 15) is 52.2 Å². The molecule has 23 nitrogen and oxygen atoms in total. The molecule has 1 unspecified atom stereocenters. The van der Waals surface area contributed by atoms with Gasteiger partial charge in [0, 0.05) is 45.2 Å². The maximum Gasteiger partial charge on any atom is 0.407 e. The van der Waals surface area contributed by atoms with Crippen LogP contribution in [0.25, 0.3) is 11.1 Å². The van der Waals surface area contributed by atoms with Crippen LogP contribution in [0.15, 0.2) is 108 Å². The molecule has 87 heavy (non-hydrogen) atoms. The molecule has 0 radical (unpaired) electrons. The first kappa shape index (κ1) is 64.0. The van der Waals surface area contributed by atoms with Crippen molar-refractivity contribution in [1.29, 1.82) is 0 Å². The normalized spacial score (nSPS) is 21.1. The molecule has 0 aromatic heterocycles. The summed E-state index contributed by atoms with van der Waals surface area (Å²) < 4.78 is 52.7. The third kappa shape index (κ3) is 16.0. The van der Waals surface area contributed by atoms with Gasteiger partial charge in [-0.3, -0.25) is 24.0 Å². The number of carbonyl (C=O) groups is 7. The summed E-state index contributed by atoms with van der Waals surface area (Å²) in [5, 5.41) is 32.4. The van der Waals surface area contributed by atoms with Crippen molar-refractivity contribution in [2.24, 2.45) is 17.6 Å². The number of hydrogen-bond donors (Lipinski definition) is 7. The number of aliphatic carboxylic acids is 1. The maximum absolute atomic E-state index is 14.6. The molecular formula is C63H80N8O15S. The van der Waals surface area contributed by atoms with Crippen LogP contribution in [0.2, 0.25) is 0 Å². The zero-order valence-corrected chi connectivity index (χ0v) is 49.9. The van der Waals surface area contributed by atoms with Crippen molar-refractivity contribution >= 4 is 51.8 Å². The van der Waals surface area contributed by atoms with Crippen LogP contribution in [0.1, 0.15) is 99.8 Å². The zero-order chi connectivity index (χ0) is 61.8. The number of likely N-dealkylation sites (tertiary alicyclic amines) is 2. The standard InChI is InChI=1S/C63H80N8O15S/c1-39(2)35-69(36-54(72)51(32-40-14-4-3-5-15-40)68-63(80)86-55-38-84-61-47(55)27-31-83-61)87(81,82)42-25-23-41(24-26-42)34-66-57(75)52-21-12-30-71(52)60(78)50(67-58(76)53-22-13-29-70(53)59(77)49(64)33-56(73)74)20-10-11-28-65-62(79)85-37-48-45-18-8-6-16-43(45)44-17-7-9-19-46(44)48/h3-9,14-19,23-26,39,47-55,61,72H,10-13,20-22,27-38,64H2,1-2H3,(H,65,79)(H,66,75)(H,67,76)(H,68,80)(H,73,74)/t47-,49-,50-,51-,52-,53-,54+,55?,61+/m0/s1. The highest BCUT2D eigenvalue weighted by atomic mass is 32.2. The van der Waals surface area contributed by atoms with Crippen LogP contribution < -0.4 is 27.0 Å². The summed E-state index contributed by atoms with van der Waals surface area (Å²) in [5.41, 5.74) is 11.6. The van der Waals surface area contributed by atoms with E-state index in [1.54, 1.807) is 12.1 Å². The van der Waals surface area contributed by atoms with Crippen LogP contribution >= 0.6 is 0 Å². The van der Waals surface area contributed by atoms with Crippen molar-refractivity contribution in [2.45, 2.75) is 144 Å². The van der Waals surface area contributed by atoms with Gasteiger partial charge in [0.15, 0.2) is 6.29 Å². The van der Waals surface area contributed by atoms with Crippen LogP contribution in [0.4, 0.5) is 9.59 Å². The number of carboxylic acid groups (broad SMARTS) is 1. The number of hydrogen-bond acceptors (Lipinski definition) is 15. The van der Waals surface area contributed by atoms with Crippen LogP contribution in [0.5, 0.6) is 0 Å². The van der Waals surface area contributed by atoms with Gasteiger partial charge in [0.25, 0.3) is 0 Å². The van der Waals surface area contributed by atoms with Gasteiger partial charge in [-0.15, -0.1) is 0 Å². The number of unbranched alkanes of at least 4 members (excludes halogenated alkanes) is 1. The summed E-state index contributed by atoms with van der Waals surface area (Å²) in [6.07, 6.45) is -1.15. The van der Waals surface area contributed by atoms with E-state index in [-0.39, 0.29) is 94.4 Å². The molecular weight excluding hydrogens is 1140 g/mol. The highest BCUT2D eigenvalue weighted by Crippen LogP contribution is 2.44. The number of aliphatic hydroxyl groups is 1. The van der Waals surface area contributed by atoms with E-state index in [0.717, 1.165) is 27.8 Å². The lowest BCUT2D eigenvalue weighted by atomic mass is 9.98. The largest absolute Gasteiger partial charge is 0.481 e. The summed E-state index contributed by atoms with van der Waals surface area (Å²) in [6, 6.07) is 25.8. The number of aliphatic hydroxyl groups excluding tert-OH is 1. The summed E-state index contributed by atoms with van der Waals surface area (Å²) in [5.74, 6) is -3.96. The van der Waals surface area contributed by atoms with E-state index in [2.05, 4.69) is 33.4 Å². The second-order valence-electron chi connectivity index (χ2n) is 23.4. The maximum atomic E-state index is 14.6. The summed E-state index contributed by atoms with van der Waals surface area (Å²) in [7, 11) is -4.24. The molecule has 4 aliphatic heterocycles. The molecule has 4 aromatic carbocycles. The average Bonchev–Trinajstić information content (AvgIpc) is 1.81. The molecule has 4 aromatic rings. The molecule has 8 N–H and O–H groups in total. The third-order valence-corrected chi connectivity index (χ3v) is 18.7. The number of nitrogens with two attached hydrogens (primary N) is 1. The van der Waals surface area contributed by atoms with Crippen molar-refractivity contribution in [1.82, 2.24) is 35.4 Å². The van der Waals surface area contributed by atoms with Gasteiger partial charge in [-0.1, -0.05) is 105 Å². The van der Waals surface area contributed by atoms with E-state index in [4.69, 9.17) is 24.7 Å². The Morgan fingerprint density at radius 1 is 0.736 bits per heavy atom. The lowest BCUT2D eigenvalue weighted by Crippen LogP contribution is -2.57. The Bertz CT molecular complexity index is 3150. The lowest BCUT2D eigenvalue weighted by Gasteiger charge is -2.31. The first-order valence-electron chi connectivity index (χ1n) is 30.1. The van der Waals surface area contributed by atoms with Gasteiger partial charge < -0.3 is 66.0 Å². The van der Waals surface area contributed by atoms with Gasteiger partial charge in [-0.2, -0.15) is 4.31 Å². The van der Waals surface area contributed by atoms with Crippen molar-refractivity contribution in [3.05, 3.63) is 125 Å². The molecule has 9 rings (SSSR count). The number of sulfonamides is 1. The quantitative estimate of drug-likeness (QED) is 0.0407. The fraction of sp³-hybridized carbons (Fsp3) is 0.508. The monoisotopic (exact) mass is 1220 g/mol. The van der Waals surface area contributed by atoms with Crippen LogP contribution in [0, 0.1) is 11.8 Å². The number of amides is 6. The molecule has 0 bridgehead atoms. The molecule has 4 heterocycles. The predicted octanol–water partition coefficient (Wildman–Crippen LogP) is 4.39. The molecule has 468 valence electrons. The third-order valence-electron chi connectivity index (χ3n) is 16.8. The number of ether oxygens (including phenoxy) is 4. The number of carboxylic acids is 1. The lowest BCUT2D eigenvalue weighted by molar-refractivity contribution is -0.145. The number of alkyl carbamates (subject to hydrolysis) is 2. The summed E-state index contributed by atoms with van der Waals surface area (Å²) in [6.45, 7) is 4.74. The molecule has 0 saturated carbocycles. The minimum Gasteiger partial charge on any atom is -0.481 e. The van der Waals surface area contributed by atoms with E-state index in [1.165, 1.54) is 26.2 Å². The van der Waals surface area contributed by atoms with Crippen molar-refractivity contribution in [3.63, 3.8) is 0 Å². The Morgan fingerprint density at radius 3 is 2.05 bits per heavy atom. The van der Waals surface area contributed by atoms with E-state index >= 15 is 0 Å². The van der Waals surface area contributed by atoms with E-state index < -0.39 is 107 Å². The molecule has 0 spiro atoms. The fourth-order valence-corrected chi connectivity index (χ4v) is 14.0. The molecule has 6 amide bonds. The van der Waals surface area contributed by atoms with E-state index in [1.807, 2.05) is 80.6 Å².